The van der Waals surface area contributed by atoms with Crippen LogP contribution < -0.4 is 0 Å². The maximum atomic E-state index is 9.55. The van der Waals surface area contributed by atoms with Crippen LogP contribution in [0.2, 0.25) is 0 Å². The molecule has 0 amide bonds. The van der Waals surface area contributed by atoms with Gasteiger partial charge in [-0.2, -0.15) is 0 Å². The fraction of sp³-hybridized carbons (Fsp3) is 1.00. The fourth-order valence-corrected chi connectivity index (χ4v) is 5.53. The van der Waals surface area contributed by atoms with Gasteiger partial charge in [-0.05, 0) is 68.6 Å². The molecule has 3 rings (SSSR count). The van der Waals surface area contributed by atoms with Gasteiger partial charge in [-0.15, -0.1) is 0 Å². The molecule has 0 radical (unpaired) electrons. The number of hydrogen-bond acceptors (Lipinski definition) is 5. The number of ether oxygens (including phenoxy) is 3. The van der Waals surface area contributed by atoms with E-state index in [9.17, 15) is 10.2 Å². The maximum Gasteiger partial charge on any atom is 0.157 e. The second-order valence-corrected chi connectivity index (χ2v) is 12.0. The Labute approximate surface area is 211 Å². The van der Waals surface area contributed by atoms with E-state index in [4.69, 9.17) is 14.2 Å². The van der Waals surface area contributed by atoms with Gasteiger partial charge < -0.3 is 24.4 Å². The SMILES string of the molecule is CC1OC(C)C(C)C(C)C1C.CC1OC(O)C(C)C(C)C1C.CCC1OC(O)C(C)C(C)C1C. The normalized spacial score (nSPS) is 51.4. The van der Waals surface area contributed by atoms with Crippen molar-refractivity contribution in [2.24, 2.45) is 53.3 Å². The molecule has 5 nitrogen and oxygen atoms in total. The first kappa shape index (κ1) is 31.8. The van der Waals surface area contributed by atoms with Crippen molar-refractivity contribution >= 4 is 0 Å². The van der Waals surface area contributed by atoms with Gasteiger partial charge in [0.2, 0.25) is 0 Å². The maximum absolute atomic E-state index is 9.55. The molecule has 2 N–H and O–H groups in total. The van der Waals surface area contributed by atoms with Crippen LogP contribution in [-0.4, -0.2) is 47.2 Å². The van der Waals surface area contributed by atoms with Gasteiger partial charge in [-0.25, -0.2) is 0 Å². The molecule has 0 aromatic heterocycles. The molecule has 0 saturated carbocycles. The number of rotatable bonds is 1. The minimum Gasteiger partial charge on any atom is -0.375 e. The van der Waals surface area contributed by atoms with Crippen molar-refractivity contribution in [1.29, 1.82) is 0 Å². The van der Waals surface area contributed by atoms with Crippen LogP contribution in [0.15, 0.2) is 0 Å². The van der Waals surface area contributed by atoms with Gasteiger partial charge in [0.25, 0.3) is 0 Å². The summed E-state index contributed by atoms with van der Waals surface area (Å²) in [6.45, 7) is 28.3. The molecule has 0 aliphatic carbocycles. The summed E-state index contributed by atoms with van der Waals surface area (Å²) < 4.78 is 16.6. The zero-order chi connectivity index (χ0) is 26.5. The van der Waals surface area contributed by atoms with Gasteiger partial charge in [0.1, 0.15) is 0 Å². The van der Waals surface area contributed by atoms with Gasteiger partial charge >= 0.3 is 0 Å². The lowest BCUT2D eigenvalue weighted by atomic mass is 9.77. The van der Waals surface area contributed by atoms with Crippen LogP contribution >= 0.6 is 0 Å². The van der Waals surface area contributed by atoms with Crippen molar-refractivity contribution in [1.82, 2.24) is 0 Å². The highest BCUT2D eigenvalue weighted by Gasteiger charge is 2.37. The van der Waals surface area contributed by atoms with E-state index in [2.05, 4.69) is 76.2 Å². The molecule has 14 unspecified atom stereocenters. The summed E-state index contributed by atoms with van der Waals surface area (Å²) in [5.74, 6) is 4.97. The molecule has 3 aliphatic heterocycles. The zero-order valence-electron chi connectivity index (χ0n) is 24.5. The summed E-state index contributed by atoms with van der Waals surface area (Å²) in [5, 5.41) is 19.0. The molecule has 3 heterocycles. The summed E-state index contributed by atoms with van der Waals surface area (Å²) in [6.07, 6.45) is 1.20. The Kier molecular flexibility index (Phi) is 13.0. The Morgan fingerprint density at radius 3 is 1.15 bits per heavy atom. The van der Waals surface area contributed by atoms with Crippen LogP contribution in [0.3, 0.4) is 0 Å². The third-order valence-corrected chi connectivity index (χ3v) is 10.2. The fourth-order valence-electron chi connectivity index (χ4n) is 5.53. The first-order valence-electron chi connectivity index (χ1n) is 14.0. The van der Waals surface area contributed by atoms with Crippen molar-refractivity contribution in [3.05, 3.63) is 0 Å². The summed E-state index contributed by atoms with van der Waals surface area (Å²) in [5.41, 5.74) is 0. The van der Waals surface area contributed by atoms with Crippen LogP contribution in [0, 0.1) is 53.3 Å². The molecular weight excluding hydrogens is 428 g/mol. The summed E-state index contributed by atoms with van der Waals surface area (Å²) >= 11 is 0. The van der Waals surface area contributed by atoms with E-state index >= 15 is 0 Å². The Morgan fingerprint density at radius 1 is 0.412 bits per heavy atom. The average Bonchev–Trinajstić information content (AvgIpc) is 2.80. The number of aliphatic hydroxyl groups excluding tert-OH is 2. The minimum absolute atomic E-state index is 0.191. The Morgan fingerprint density at radius 2 is 0.735 bits per heavy atom. The van der Waals surface area contributed by atoms with E-state index in [1.165, 1.54) is 0 Å². The van der Waals surface area contributed by atoms with Crippen molar-refractivity contribution in [3.63, 3.8) is 0 Å². The van der Waals surface area contributed by atoms with Crippen LogP contribution in [0.5, 0.6) is 0 Å². The third-order valence-electron chi connectivity index (χ3n) is 10.2. The van der Waals surface area contributed by atoms with Crippen molar-refractivity contribution in [2.45, 2.75) is 133 Å². The van der Waals surface area contributed by atoms with Gasteiger partial charge in [0, 0.05) is 11.8 Å². The highest BCUT2D eigenvalue weighted by molar-refractivity contribution is 4.82. The molecule has 0 bridgehead atoms. The second kappa shape index (κ2) is 13.9. The smallest absolute Gasteiger partial charge is 0.157 e. The molecule has 3 fully saturated rings. The standard InChI is InChI=1S/C10H20O2.C10H20O.C9H18O2/c1-5-9-7(3)6(2)8(4)10(11)12-9;1-6-7(2)9(4)11-10(5)8(6)3;1-5-6(2)8(4)11-9(10)7(5)3/h6-11H,5H2,1-4H3;6-10H,1-5H3;5-10H,1-4H3. The lowest BCUT2D eigenvalue weighted by Crippen LogP contribution is -2.44. The second-order valence-electron chi connectivity index (χ2n) is 12.0. The first-order chi connectivity index (χ1) is 15.6. The number of hydrogen-bond donors (Lipinski definition) is 2. The topological polar surface area (TPSA) is 68.2 Å². The zero-order valence-corrected chi connectivity index (χ0v) is 24.5. The van der Waals surface area contributed by atoms with E-state index in [-0.39, 0.29) is 24.0 Å². The average molecular weight is 487 g/mol. The monoisotopic (exact) mass is 486 g/mol. The summed E-state index contributed by atoms with van der Waals surface area (Å²) in [6, 6.07) is 0. The van der Waals surface area contributed by atoms with Gasteiger partial charge in [0.05, 0.1) is 24.4 Å². The predicted octanol–water partition coefficient (Wildman–Crippen LogP) is 6.36. The predicted molar refractivity (Wildman–Crippen MR) is 140 cm³/mol. The van der Waals surface area contributed by atoms with Crippen LogP contribution in [0.1, 0.15) is 96.4 Å². The Balaban J connectivity index is 0.000000255. The Bertz CT molecular complexity index is 506. The molecule has 5 heteroatoms. The van der Waals surface area contributed by atoms with E-state index in [1.807, 2.05) is 13.8 Å². The summed E-state index contributed by atoms with van der Waals surface area (Å²) in [4.78, 5) is 0. The van der Waals surface area contributed by atoms with Crippen molar-refractivity contribution < 1.29 is 24.4 Å². The first-order valence-corrected chi connectivity index (χ1v) is 14.0. The molecular formula is C29H58O5. The minimum atomic E-state index is -0.559. The van der Waals surface area contributed by atoms with Crippen molar-refractivity contribution in [2.75, 3.05) is 0 Å². The quantitative estimate of drug-likeness (QED) is 0.452. The van der Waals surface area contributed by atoms with Gasteiger partial charge in [-0.3, -0.25) is 0 Å². The molecule has 0 aromatic carbocycles. The summed E-state index contributed by atoms with van der Waals surface area (Å²) in [7, 11) is 0. The lowest BCUT2D eigenvalue weighted by Gasteiger charge is -2.41. The molecule has 3 saturated heterocycles. The van der Waals surface area contributed by atoms with Crippen LogP contribution in [-0.2, 0) is 14.2 Å². The molecule has 14 atom stereocenters. The van der Waals surface area contributed by atoms with E-state index in [0.29, 0.717) is 47.7 Å². The van der Waals surface area contributed by atoms with E-state index in [1.54, 1.807) is 0 Å². The van der Waals surface area contributed by atoms with E-state index < -0.39 is 12.6 Å². The molecule has 3 aliphatic rings. The largest absolute Gasteiger partial charge is 0.375 e. The lowest BCUT2D eigenvalue weighted by molar-refractivity contribution is -0.224. The van der Waals surface area contributed by atoms with Gasteiger partial charge in [0.15, 0.2) is 12.6 Å². The van der Waals surface area contributed by atoms with Crippen molar-refractivity contribution in [3.8, 4) is 0 Å². The van der Waals surface area contributed by atoms with E-state index in [0.717, 1.165) is 12.3 Å². The van der Waals surface area contributed by atoms with Crippen LogP contribution in [0.4, 0.5) is 0 Å². The highest BCUT2D eigenvalue weighted by atomic mass is 16.6. The molecule has 0 aromatic rings. The van der Waals surface area contributed by atoms with Gasteiger partial charge in [-0.1, -0.05) is 69.2 Å². The molecule has 204 valence electrons. The third kappa shape index (κ3) is 7.90. The highest BCUT2D eigenvalue weighted by Crippen LogP contribution is 2.36. The van der Waals surface area contributed by atoms with Crippen LogP contribution in [0.25, 0.3) is 0 Å². The Hall–Kier alpha value is -0.200. The molecule has 0 spiro atoms. The molecule has 34 heavy (non-hydrogen) atoms. The number of aliphatic hydroxyl groups is 2.